The molecule has 3 amide bonds. The smallest absolute Gasteiger partial charge is 0.331 e. The van der Waals surface area contributed by atoms with Gasteiger partial charge < -0.3 is 15.2 Å². The summed E-state index contributed by atoms with van der Waals surface area (Å²) in [6.07, 6.45) is -0.806. The third-order valence-corrected chi connectivity index (χ3v) is 3.96. The molecule has 1 heterocycles. The lowest BCUT2D eigenvalue weighted by atomic mass is 10.1. The first kappa shape index (κ1) is 18.6. The van der Waals surface area contributed by atoms with Gasteiger partial charge in [-0.2, -0.15) is 0 Å². The number of ether oxygens (including phenoxy) is 1. The highest BCUT2D eigenvalue weighted by Crippen LogP contribution is 2.22. The number of imide groups is 1. The number of methoxy groups -OCH3 is 1. The standard InChI is InChI=1S/C17H20N2O6/c1-10(20)18-14(17(24)25-2)13(21)8-5-9-19-15(22)11-6-3-4-7-12(11)16(19)23/h3-4,6-7,13-14,21H,5,8-9H2,1-2H3,(H,18,20)/t13-,14+/m1/s1. The van der Waals surface area contributed by atoms with E-state index in [1.165, 1.54) is 6.92 Å². The van der Waals surface area contributed by atoms with Crippen LogP contribution < -0.4 is 5.32 Å². The molecule has 134 valence electrons. The number of esters is 1. The van der Waals surface area contributed by atoms with Gasteiger partial charge in [0.05, 0.1) is 24.3 Å². The van der Waals surface area contributed by atoms with Crippen molar-refractivity contribution in [3.63, 3.8) is 0 Å². The Labute approximate surface area is 144 Å². The van der Waals surface area contributed by atoms with E-state index < -0.39 is 24.0 Å². The van der Waals surface area contributed by atoms with Gasteiger partial charge in [-0.15, -0.1) is 0 Å². The van der Waals surface area contributed by atoms with Gasteiger partial charge in [0.2, 0.25) is 5.91 Å². The monoisotopic (exact) mass is 348 g/mol. The van der Waals surface area contributed by atoms with E-state index in [0.29, 0.717) is 11.1 Å². The second-order valence-corrected chi connectivity index (χ2v) is 5.72. The van der Waals surface area contributed by atoms with E-state index in [4.69, 9.17) is 0 Å². The van der Waals surface area contributed by atoms with Crippen LogP contribution >= 0.6 is 0 Å². The highest BCUT2D eigenvalue weighted by atomic mass is 16.5. The van der Waals surface area contributed by atoms with Crippen molar-refractivity contribution in [2.24, 2.45) is 0 Å². The van der Waals surface area contributed by atoms with Crippen LogP contribution in [0.1, 0.15) is 40.5 Å². The van der Waals surface area contributed by atoms with E-state index in [2.05, 4.69) is 10.1 Å². The number of aliphatic hydroxyl groups is 1. The second kappa shape index (κ2) is 7.89. The van der Waals surface area contributed by atoms with Gasteiger partial charge in [-0.1, -0.05) is 12.1 Å². The average Bonchev–Trinajstić information content (AvgIpc) is 2.84. The number of amides is 3. The Morgan fingerprint density at radius 1 is 1.20 bits per heavy atom. The van der Waals surface area contributed by atoms with Gasteiger partial charge in [-0.3, -0.25) is 19.3 Å². The summed E-state index contributed by atoms with van der Waals surface area (Å²) in [5.74, 6) is -1.99. The molecule has 0 saturated carbocycles. The molecule has 2 N–H and O–H groups in total. The average molecular weight is 348 g/mol. The van der Waals surface area contributed by atoms with Gasteiger partial charge in [0.15, 0.2) is 6.04 Å². The summed E-state index contributed by atoms with van der Waals surface area (Å²) in [6.45, 7) is 1.33. The zero-order valence-corrected chi connectivity index (χ0v) is 14.0. The van der Waals surface area contributed by atoms with Gasteiger partial charge in [-0.25, -0.2) is 4.79 Å². The maximum absolute atomic E-state index is 12.2. The molecule has 25 heavy (non-hydrogen) atoms. The molecule has 0 saturated heterocycles. The van der Waals surface area contributed by atoms with Crippen molar-refractivity contribution in [1.82, 2.24) is 10.2 Å². The van der Waals surface area contributed by atoms with Crippen LogP contribution in [0.25, 0.3) is 0 Å². The van der Waals surface area contributed by atoms with E-state index in [0.717, 1.165) is 12.0 Å². The Balaban J connectivity index is 1.94. The number of rotatable bonds is 7. The number of nitrogens with one attached hydrogen (secondary N) is 1. The highest BCUT2D eigenvalue weighted by molar-refractivity contribution is 6.21. The maximum atomic E-state index is 12.2. The van der Waals surface area contributed by atoms with Gasteiger partial charge in [0.1, 0.15) is 0 Å². The molecular formula is C17H20N2O6. The third-order valence-electron chi connectivity index (χ3n) is 3.96. The number of fused-ring (bicyclic) bond motifs is 1. The zero-order chi connectivity index (χ0) is 18.6. The molecule has 8 nitrogen and oxygen atoms in total. The highest BCUT2D eigenvalue weighted by Gasteiger charge is 2.35. The Morgan fingerprint density at radius 2 is 1.76 bits per heavy atom. The van der Waals surface area contributed by atoms with Gasteiger partial charge in [0.25, 0.3) is 11.8 Å². The van der Waals surface area contributed by atoms with Crippen LogP contribution in [0.3, 0.4) is 0 Å². The van der Waals surface area contributed by atoms with Gasteiger partial charge in [0, 0.05) is 13.5 Å². The van der Waals surface area contributed by atoms with Crippen LogP contribution in [-0.2, 0) is 14.3 Å². The number of aliphatic hydroxyl groups excluding tert-OH is 1. The zero-order valence-electron chi connectivity index (χ0n) is 14.0. The van der Waals surface area contributed by atoms with Crippen molar-refractivity contribution in [3.8, 4) is 0 Å². The number of hydrogen-bond donors (Lipinski definition) is 2. The lowest BCUT2D eigenvalue weighted by Crippen LogP contribution is -2.48. The van der Waals surface area contributed by atoms with E-state index in [9.17, 15) is 24.3 Å². The molecular weight excluding hydrogens is 328 g/mol. The molecule has 0 aromatic heterocycles. The topological polar surface area (TPSA) is 113 Å². The number of hydrogen-bond acceptors (Lipinski definition) is 6. The number of benzene rings is 1. The molecule has 8 heteroatoms. The molecule has 2 rings (SSSR count). The molecule has 0 radical (unpaired) electrons. The van der Waals surface area contributed by atoms with Crippen molar-refractivity contribution < 1.29 is 29.0 Å². The number of nitrogens with zero attached hydrogens (tertiary/aromatic N) is 1. The predicted molar refractivity (Wildman–Crippen MR) is 86.7 cm³/mol. The summed E-state index contributed by atoms with van der Waals surface area (Å²) in [4.78, 5) is 48.4. The molecule has 1 aromatic rings. The van der Waals surface area contributed by atoms with Gasteiger partial charge >= 0.3 is 5.97 Å². The fourth-order valence-corrected chi connectivity index (χ4v) is 2.73. The van der Waals surface area contributed by atoms with E-state index in [-0.39, 0.29) is 31.2 Å². The molecule has 0 unspecified atom stereocenters. The van der Waals surface area contributed by atoms with Crippen molar-refractivity contribution in [1.29, 1.82) is 0 Å². The van der Waals surface area contributed by atoms with Crippen molar-refractivity contribution in [2.45, 2.75) is 31.9 Å². The molecule has 1 aliphatic heterocycles. The van der Waals surface area contributed by atoms with Crippen LogP contribution in [0, 0.1) is 0 Å². The first-order chi connectivity index (χ1) is 11.9. The van der Waals surface area contributed by atoms with Crippen molar-refractivity contribution >= 4 is 23.7 Å². The fraction of sp³-hybridized carbons (Fsp3) is 0.412. The molecule has 1 aliphatic rings. The van der Waals surface area contributed by atoms with Crippen molar-refractivity contribution in [3.05, 3.63) is 35.4 Å². The predicted octanol–water partition coefficient (Wildman–Crippen LogP) is 0.101. The van der Waals surface area contributed by atoms with Crippen LogP contribution in [0.5, 0.6) is 0 Å². The summed E-state index contributed by atoms with van der Waals surface area (Å²) in [7, 11) is 1.16. The second-order valence-electron chi connectivity index (χ2n) is 5.72. The minimum absolute atomic E-state index is 0.105. The fourth-order valence-electron chi connectivity index (χ4n) is 2.73. The third kappa shape index (κ3) is 4.03. The quantitative estimate of drug-likeness (QED) is 0.534. The minimum Gasteiger partial charge on any atom is -0.467 e. The molecule has 2 atom stereocenters. The van der Waals surface area contributed by atoms with Crippen LogP contribution in [-0.4, -0.2) is 59.5 Å². The Hall–Kier alpha value is -2.74. The molecule has 0 spiro atoms. The maximum Gasteiger partial charge on any atom is 0.331 e. The van der Waals surface area contributed by atoms with Crippen LogP contribution in [0.15, 0.2) is 24.3 Å². The van der Waals surface area contributed by atoms with Crippen LogP contribution in [0.4, 0.5) is 0 Å². The number of carbonyl (C=O) groups excluding carboxylic acids is 4. The SMILES string of the molecule is COC(=O)[C@@H](NC(C)=O)[C@H](O)CCCN1C(=O)c2ccccc2C1=O. The first-order valence-electron chi connectivity index (χ1n) is 7.85. The molecule has 0 fully saturated rings. The Morgan fingerprint density at radius 3 is 2.24 bits per heavy atom. The summed E-state index contributed by atoms with van der Waals surface area (Å²) < 4.78 is 4.56. The molecule has 0 aliphatic carbocycles. The van der Waals surface area contributed by atoms with Gasteiger partial charge in [-0.05, 0) is 25.0 Å². The Bertz CT molecular complexity index is 667. The Kier molecular flexibility index (Phi) is 5.87. The van der Waals surface area contributed by atoms with Crippen LogP contribution in [0.2, 0.25) is 0 Å². The first-order valence-corrected chi connectivity index (χ1v) is 7.85. The largest absolute Gasteiger partial charge is 0.467 e. The lowest BCUT2D eigenvalue weighted by Gasteiger charge is -2.22. The van der Waals surface area contributed by atoms with E-state index in [1.807, 2.05) is 0 Å². The lowest BCUT2D eigenvalue weighted by molar-refractivity contribution is -0.148. The normalized spacial score (nSPS) is 15.6. The molecule has 0 bridgehead atoms. The van der Waals surface area contributed by atoms with Crippen molar-refractivity contribution in [2.75, 3.05) is 13.7 Å². The molecule has 1 aromatic carbocycles. The summed E-state index contributed by atoms with van der Waals surface area (Å²) >= 11 is 0. The van der Waals surface area contributed by atoms with E-state index >= 15 is 0 Å². The minimum atomic E-state index is -1.19. The summed E-state index contributed by atoms with van der Waals surface area (Å²) in [5.41, 5.74) is 0.720. The van der Waals surface area contributed by atoms with E-state index in [1.54, 1.807) is 24.3 Å². The number of carbonyl (C=O) groups is 4. The summed E-state index contributed by atoms with van der Waals surface area (Å²) in [5, 5.41) is 12.5. The summed E-state index contributed by atoms with van der Waals surface area (Å²) in [6, 6.07) is 5.37.